The van der Waals surface area contributed by atoms with Crippen molar-refractivity contribution in [3.63, 3.8) is 0 Å². The molecule has 0 spiro atoms. The molecule has 0 aromatic heterocycles. The first-order chi connectivity index (χ1) is 10.2. The molecule has 22 heavy (non-hydrogen) atoms. The molecular formula is C14H11ClF3NO2S. The molecule has 0 bridgehead atoms. The van der Waals surface area contributed by atoms with Gasteiger partial charge in [0, 0.05) is 11.6 Å². The van der Waals surface area contributed by atoms with Crippen LogP contribution >= 0.6 is 11.6 Å². The summed E-state index contributed by atoms with van der Waals surface area (Å²) in [5.41, 5.74) is 1.25. The van der Waals surface area contributed by atoms with Gasteiger partial charge in [0.05, 0.1) is 0 Å². The predicted molar refractivity (Wildman–Crippen MR) is 76.5 cm³/mol. The average Bonchev–Trinajstić information content (AvgIpc) is 2.44. The van der Waals surface area contributed by atoms with Crippen LogP contribution in [0.2, 0.25) is 5.02 Å². The van der Waals surface area contributed by atoms with E-state index in [1.165, 1.54) is 0 Å². The van der Waals surface area contributed by atoms with Gasteiger partial charge in [-0.15, -0.1) is 0 Å². The highest BCUT2D eigenvalue weighted by molar-refractivity contribution is 7.89. The van der Waals surface area contributed by atoms with Gasteiger partial charge in [-0.2, -0.15) is 0 Å². The number of hydrogen-bond acceptors (Lipinski definition) is 2. The van der Waals surface area contributed by atoms with Crippen LogP contribution in [-0.2, 0) is 16.6 Å². The lowest BCUT2D eigenvalue weighted by Crippen LogP contribution is -2.25. The number of rotatable bonds is 4. The molecule has 2 aromatic carbocycles. The van der Waals surface area contributed by atoms with Gasteiger partial charge in [-0.05, 0) is 36.2 Å². The molecule has 8 heteroatoms. The van der Waals surface area contributed by atoms with Crippen LogP contribution in [0, 0.1) is 24.4 Å². The second-order valence-electron chi connectivity index (χ2n) is 4.53. The lowest BCUT2D eigenvalue weighted by molar-refractivity contribution is 0.431. The summed E-state index contributed by atoms with van der Waals surface area (Å²) in [7, 11) is -4.35. The molecule has 0 saturated carbocycles. The Morgan fingerprint density at radius 1 is 1.09 bits per heavy atom. The fourth-order valence-electron chi connectivity index (χ4n) is 1.85. The zero-order valence-electron chi connectivity index (χ0n) is 11.3. The average molecular weight is 350 g/mol. The summed E-state index contributed by atoms with van der Waals surface area (Å²) in [5, 5.41) is 0.341. The number of sulfonamides is 1. The van der Waals surface area contributed by atoms with E-state index in [0.29, 0.717) is 22.7 Å². The van der Waals surface area contributed by atoms with Crippen LogP contribution in [0.4, 0.5) is 13.2 Å². The number of halogens is 4. The van der Waals surface area contributed by atoms with Crippen LogP contribution in [0.15, 0.2) is 35.2 Å². The Balaban J connectivity index is 2.32. The van der Waals surface area contributed by atoms with Crippen molar-refractivity contribution in [1.82, 2.24) is 4.72 Å². The van der Waals surface area contributed by atoms with Crippen LogP contribution in [-0.4, -0.2) is 8.42 Å². The van der Waals surface area contributed by atoms with Gasteiger partial charge in [-0.1, -0.05) is 23.7 Å². The monoisotopic (exact) mass is 349 g/mol. The third kappa shape index (κ3) is 3.26. The van der Waals surface area contributed by atoms with E-state index in [0.717, 1.165) is 5.56 Å². The third-order valence-corrected chi connectivity index (χ3v) is 4.85. The fraction of sp³-hybridized carbons (Fsp3) is 0.143. The predicted octanol–water partition coefficient (Wildman–Crippen LogP) is 3.54. The third-order valence-electron chi connectivity index (χ3n) is 3.08. The summed E-state index contributed by atoms with van der Waals surface area (Å²) < 4.78 is 65.8. The number of aryl methyl sites for hydroxylation is 1. The van der Waals surface area contributed by atoms with E-state index >= 15 is 0 Å². The van der Waals surface area contributed by atoms with E-state index in [2.05, 4.69) is 4.72 Å². The molecule has 0 saturated heterocycles. The maximum absolute atomic E-state index is 13.6. The molecule has 3 nitrogen and oxygen atoms in total. The summed E-state index contributed by atoms with van der Waals surface area (Å²) >= 11 is 5.96. The second-order valence-corrected chi connectivity index (χ2v) is 6.68. The summed E-state index contributed by atoms with van der Waals surface area (Å²) in [6.07, 6.45) is 0. The van der Waals surface area contributed by atoms with Gasteiger partial charge < -0.3 is 0 Å². The van der Waals surface area contributed by atoms with E-state index in [9.17, 15) is 21.6 Å². The molecule has 0 unspecified atom stereocenters. The molecule has 0 aliphatic carbocycles. The van der Waals surface area contributed by atoms with Crippen molar-refractivity contribution in [2.75, 3.05) is 0 Å². The highest BCUT2D eigenvalue weighted by atomic mass is 35.5. The molecule has 0 fully saturated rings. The van der Waals surface area contributed by atoms with E-state index in [1.807, 2.05) is 0 Å². The van der Waals surface area contributed by atoms with Gasteiger partial charge in [0.25, 0.3) is 0 Å². The van der Waals surface area contributed by atoms with Gasteiger partial charge in [0.1, 0.15) is 4.90 Å². The lowest BCUT2D eigenvalue weighted by atomic mass is 10.1. The molecule has 0 aliphatic heterocycles. The minimum Gasteiger partial charge on any atom is -0.207 e. The molecule has 1 N–H and O–H groups in total. The summed E-state index contributed by atoms with van der Waals surface area (Å²) in [6.45, 7) is 1.53. The Kier molecular flexibility index (Phi) is 4.79. The van der Waals surface area contributed by atoms with Crippen molar-refractivity contribution in [2.45, 2.75) is 18.4 Å². The molecular weight excluding hydrogens is 339 g/mol. The molecule has 0 atom stereocenters. The minimum atomic E-state index is -4.35. The van der Waals surface area contributed by atoms with Gasteiger partial charge in [0.2, 0.25) is 10.0 Å². The normalized spacial score (nSPS) is 11.7. The standard InChI is InChI=1S/C14H11ClF3NO2S/c1-8-3-2-4-10(15)9(8)7-19-22(20,21)12-6-5-11(16)13(17)14(12)18/h2-6,19H,7H2,1H3. The van der Waals surface area contributed by atoms with Crippen molar-refractivity contribution in [3.05, 3.63) is 63.9 Å². The van der Waals surface area contributed by atoms with Crippen LogP contribution in [0.25, 0.3) is 0 Å². The smallest absolute Gasteiger partial charge is 0.207 e. The van der Waals surface area contributed by atoms with E-state index in [4.69, 9.17) is 11.6 Å². The Morgan fingerprint density at radius 3 is 2.41 bits per heavy atom. The highest BCUT2D eigenvalue weighted by Crippen LogP contribution is 2.22. The fourth-order valence-corrected chi connectivity index (χ4v) is 3.20. The van der Waals surface area contributed by atoms with Crippen LogP contribution < -0.4 is 4.72 Å². The molecule has 2 aromatic rings. The van der Waals surface area contributed by atoms with Crippen LogP contribution in [0.1, 0.15) is 11.1 Å². The molecule has 118 valence electrons. The van der Waals surface area contributed by atoms with Crippen molar-refractivity contribution < 1.29 is 21.6 Å². The van der Waals surface area contributed by atoms with Crippen molar-refractivity contribution in [2.24, 2.45) is 0 Å². The summed E-state index contributed by atoms with van der Waals surface area (Å²) in [4.78, 5) is -0.962. The zero-order valence-corrected chi connectivity index (χ0v) is 12.9. The second kappa shape index (κ2) is 6.28. The molecule has 0 radical (unpaired) electrons. The molecule has 0 heterocycles. The Hall–Kier alpha value is -1.57. The topological polar surface area (TPSA) is 46.2 Å². The summed E-state index contributed by atoms with van der Waals surface area (Å²) in [5.74, 6) is -5.06. The Labute approximate surface area is 130 Å². The van der Waals surface area contributed by atoms with Gasteiger partial charge in [-0.25, -0.2) is 26.3 Å². The minimum absolute atomic E-state index is 0.202. The maximum atomic E-state index is 13.6. The van der Waals surface area contributed by atoms with E-state index in [1.54, 1.807) is 25.1 Å². The Morgan fingerprint density at radius 2 is 1.77 bits per heavy atom. The first kappa shape index (κ1) is 16.8. The quantitative estimate of drug-likeness (QED) is 0.858. The van der Waals surface area contributed by atoms with Crippen molar-refractivity contribution >= 4 is 21.6 Å². The zero-order chi connectivity index (χ0) is 16.5. The largest absolute Gasteiger partial charge is 0.243 e. The van der Waals surface area contributed by atoms with Crippen LogP contribution in [0.3, 0.4) is 0 Å². The Bertz CT molecular complexity index is 805. The van der Waals surface area contributed by atoms with Crippen molar-refractivity contribution in [3.8, 4) is 0 Å². The van der Waals surface area contributed by atoms with Crippen molar-refractivity contribution in [1.29, 1.82) is 0 Å². The lowest BCUT2D eigenvalue weighted by Gasteiger charge is -2.11. The number of benzene rings is 2. The first-order valence-corrected chi connectivity index (χ1v) is 7.97. The highest BCUT2D eigenvalue weighted by Gasteiger charge is 2.24. The number of nitrogens with one attached hydrogen (secondary N) is 1. The van der Waals surface area contributed by atoms with E-state index < -0.39 is 32.4 Å². The summed E-state index contributed by atoms with van der Waals surface area (Å²) in [6, 6.07) is 6.22. The van der Waals surface area contributed by atoms with Gasteiger partial charge >= 0.3 is 0 Å². The van der Waals surface area contributed by atoms with Gasteiger partial charge in [0.15, 0.2) is 17.5 Å². The van der Waals surface area contributed by atoms with Gasteiger partial charge in [-0.3, -0.25) is 0 Å². The first-order valence-electron chi connectivity index (χ1n) is 6.11. The molecule has 0 amide bonds. The SMILES string of the molecule is Cc1cccc(Cl)c1CNS(=O)(=O)c1ccc(F)c(F)c1F. The maximum Gasteiger partial charge on any atom is 0.243 e. The molecule has 0 aliphatic rings. The number of hydrogen-bond donors (Lipinski definition) is 1. The van der Waals surface area contributed by atoms with Crippen LogP contribution in [0.5, 0.6) is 0 Å². The van der Waals surface area contributed by atoms with E-state index in [-0.39, 0.29) is 6.54 Å². The molecule has 2 rings (SSSR count).